The second-order valence-electron chi connectivity index (χ2n) is 17.2. The highest BCUT2D eigenvalue weighted by Gasteiger charge is 2.53. The van der Waals surface area contributed by atoms with E-state index >= 15 is 8.78 Å². The fourth-order valence-corrected chi connectivity index (χ4v) is 10.1. The lowest BCUT2D eigenvalue weighted by Gasteiger charge is -2.46. The highest BCUT2D eigenvalue weighted by Crippen LogP contribution is 2.50. The average molecular weight is 806 g/mol. The third-order valence-corrected chi connectivity index (χ3v) is 12.5. The molecule has 58 heavy (non-hydrogen) atoms. The molecule has 0 radical (unpaired) electrons. The number of alkyl halides is 1. The van der Waals surface area contributed by atoms with Gasteiger partial charge < -0.3 is 33.3 Å². The van der Waals surface area contributed by atoms with Gasteiger partial charge in [0.15, 0.2) is 24.2 Å². The van der Waals surface area contributed by atoms with Gasteiger partial charge in [-0.2, -0.15) is 9.97 Å². The van der Waals surface area contributed by atoms with E-state index in [1.54, 1.807) is 18.1 Å². The number of amides is 1. The number of methoxy groups -OCH3 is 2. The van der Waals surface area contributed by atoms with Gasteiger partial charge in [-0.15, -0.1) is 0 Å². The van der Waals surface area contributed by atoms with E-state index in [4.69, 9.17) is 33.4 Å². The normalized spacial score (nSPS) is 25.2. The first-order valence-corrected chi connectivity index (χ1v) is 20.2. The van der Waals surface area contributed by atoms with Crippen molar-refractivity contribution in [2.75, 3.05) is 65.4 Å². The Hall–Kier alpha value is -4.60. The molecule has 0 N–H and O–H groups in total. The molecule has 9 rings (SSSR count). The number of hydrogen-bond donors (Lipinski definition) is 0. The van der Waals surface area contributed by atoms with Crippen molar-refractivity contribution in [2.45, 2.75) is 94.7 Å². The van der Waals surface area contributed by atoms with Gasteiger partial charge >= 0.3 is 12.1 Å². The molecule has 4 aromatic rings. The summed E-state index contributed by atoms with van der Waals surface area (Å²) in [5, 5.41) is 1.41. The number of carbonyl (C=O) groups excluding carboxylic acids is 1. The largest absolute Gasteiger partial charge is 0.487 e. The fraction of sp³-hybridized carbons (Fsp3) is 0.558. The molecule has 1 aromatic heterocycles. The number of anilines is 1. The quantitative estimate of drug-likeness (QED) is 0.152. The molecule has 3 aromatic carbocycles. The van der Waals surface area contributed by atoms with Crippen molar-refractivity contribution in [3.63, 3.8) is 0 Å². The Morgan fingerprint density at radius 1 is 1.02 bits per heavy atom. The smallest absolute Gasteiger partial charge is 0.410 e. The second-order valence-corrected chi connectivity index (χ2v) is 17.2. The average Bonchev–Trinajstić information content (AvgIpc) is 3.79. The Morgan fingerprint density at radius 3 is 2.66 bits per heavy atom. The molecule has 5 aliphatic rings. The molecule has 0 aliphatic carbocycles. The summed E-state index contributed by atoms with van der Waals surface area (Å²) in [4.78, 5) is 29.2. The topological polar surface area (TPSA) is 108 Å². The predicted octanol–water partition coefficient (Wildman–Crippen LogP) is 7.20. The first-order chi connectivity index (χ1) is 27.9. The number of benzene rings is 3. The van der Waals surface area contributed by atoms with Crippen molar-refractivity contribution in [3.8, 4) is 28.6 Å². The molecule has 310 valence electrons. The second kappa shape index (κ2) is 14.9. The SMILES string of the molecule is COCCc1cccc2cc(OCOC)cc(-c3c(F)c4c5c(nc(OC[C@@]67CCCN6C[C@H](F)C7)nc5c3F)N3CC5CCC(C3CO4)N5C(=O)OC(C)(C)C)c12. The molecule has 6 heterocycles. The Morgan fingerprint density at radius 2 is 1.86 bits per heavy atom. The van der Waals surface area contributed by atoms with Gasteiger partial charge in [-0.1, -0.05) is 18.2 Å². The molecule has 4 saturated heterocycles. The molecule has 5 aliphatic heterocycles. The van der Waals surface area contributed by atoms with Crippen LogP contribution >= 0.6 is 0 Å². The van der Waals surface area contributed by atoms with Crippen molar-refractivity contribution in [2.24, 2.45) is 0 Å². The number of piperazine rings is 1. The molecular weight excluding hydrogens is 755 g/mol. The minimum atomic E-state index is -0.974. The van der Waals surface area contributed by atoms with Gasteiger partial charge in [0.25, 0.3) is 0 Å². The lowest BCUT2D eigenvalue weighted by atomic mass is 9.91. The Kier molecular flexibility index (Phi) is 9.99. The van der Waals surface area contributed by atoms with Crippen molar-refractivity contribution in [1.29, 1.82) is 0 Å². The lowest BCUT2D eigenvalue weighted by Crippen LogP contribution is -2.63. The predicted molar refractivity (Wildman–Crippen MR) is 211 cm³/mol. The number of ether oxygens (including phenoxy) is 6. The molecule has 5 atom stereocenters. The molecule has 0 spiro atoms. The molecule has 3 unspecified atom stereocenters. The summed E-state index contributed by atoms with van der Waals surface area (Å²) in [6.45, 7) is 7.32. The zero-order valence-corrected chi connectivity index (χ0v) is 33.6. The highest BCUT2D eigenvalue weighted by atomic mass is 19.1. The number of carbonyl (C=O) groups is 1. The summed E-state index contributed by atoms with van der Waals surface area (Å²) in [6, 6.07) is 7.91. The molecule has 1 amide bonds. The first kappa shape index (κ1) is 38.9. The van der Waals surface area contributed by atoms with Gasteiger partial charge in [0, 0.05) is 33.7 Å². The van der Waals surface area contributed by atoms with Crippen LogP contribution in [0.2, 0.25) is 0 Å². The van der Waals surface area contributed by atoms with Crippen LogP contribution in [0.25, 0.3) is 32.8 Å². The molecular formula is C43H50F3N5O7. The van der Waals surface area contributed by atoms with E-state index in [0.717, 1.165) is 24.9 Å². The van der Waals surface area contributed by atoms with Crippen LogP contribution in [0.15, 0.2) is 30.3 Å². The van der Waals surface area contributed by atoms with E-state index in [2.05, 4.69) is 9.88 Å². The van der Waals surface area contributed by atoms with Gasteiger partial charge in [0.05, 0.1) is 41.2 Å². The maximum atomic E-state index is 17.8. The molecule has 15 heteroatoms. The van der Waals surface area contributed by atoms with E-state index < -0.39 is 41.1 Å². The van der Waals surface area contributed by atoms with Gasteiger partial charge in [0.2, 0.25) is 0 Å². The number of halogens is 3. The standard InChI is InChI=1S/C43H50F3N5O7/c1-42(2,3)58-41(52)51-27-10-11-30(51)31-21-55-38-34-37(47-40(48-39(34)50(31)20-27)56-22-43-13-7-14-49(43)19-26(44)18-43)35(45)33(36(38)46)29-17-28(57-23-54-5)16-25-9-6-8-24(32(25)29)12-15-53-4/h6,8-9,16-17,26-27,30-31H,7,10-15,18-23H2,1-5H3/t26-,27?,30?,31?,43+/m1/s1. The van der Waals surface area contributed by atoms with Crippen molar-refractivity contribution in [1.82, 2.24) is 19.8 Å². The Balaban J connectivity index is 1.23. The fourth-order valence-electron chi connectivity index (χ4n) is 10.1. The van der Waals surface area contributed by atoms with Crippen LogP contribution in [-0.4, -0.2) is 122 Å². The number of hydrogen-bond acceptors (Lipinski definition) is 11. The van der Waals surface area contributed by atoms with Crippen LogP contribution in [-0.2, 0) is 20.6 Å². The van der Waals surface area contributed by atoms with Crippen LogP contribution in [0.3, 0.4) is 0 Å². The maximum absolute atomic E-state index is 17.8. The minimum Gasteiger partial charge on any atom is -0.487 e. The van der Waals surface area contributed by atoms with E-state index in [0.29, 0.717) is 61.9 Å². The molecule has 12 nitrogen and oxygen atoms in total. The van der Waals surface area contributed by atoms with E-state index in [9.17, 15) is 9.18 Å². The zero-order valence-electron chi connectivity index (χ0n) is 33.6. The molecule has 4 fully saturated rings. The van der Waals surface area contributed by atoms with Gasteiger partial charge in [-0.3, -0.25) is 9.80 Å². The van der Waals surface area contributed by atoms with Gasteiger partial charge in [0.1, 0.15) is 42.1 Å². The summed E-state index contributed by atoms with van der Waals surface area (Å²) in [6.07, 6.45) is 2.46. The van der Waals surface area contributed by atoms with Crippen molar-refractivity contribution in [3.05, 3.63) is 47.5 Å². The zero-order chi connectivity index (χ0) is 40.5. The highest BCUT2D eigenvalue weighted by molar-refractivity contribution is 6.05. The number of fused-ring (bicyclic) bond motifs is 7. The molecule has 2 bridgehead atoms. The van der Waals surface area contributed by atoms with Gasteiger partial charge in [-0.25, -0.2) is 18.0 Å². The summed E-state index contributed by atoms with van der Waals surface area (Å²) >= 11 is 0. The van der Waals surface area contributed by atoms with E-state index in [-0.39, 0.29) is 71.7 Å². The van der Waals surface area contributed by atoms with Crippen molar-refractivity contribution < 1.29 is 46.4 Å². The first-order valence-electron chi connectivity index (χ1n) is 20.2. The van der Waals surface area contributed by atoms with E-state index in [1.165, 1.54) is 7.11 Å². The van der Waals surface area contributed by atoms with E-state index in [1.807, 2.05) is 49.9 Å². The van der Waals surface area contributed by atoms with Crippen LogP contribution in [0.1, 0.15) is 58.4 Å². The summed E-state index contributed by atoms with van der Waals surface area (Å²) in [5.74, 6) is -1.40. The van der Waals surface area contributed by atoms with Gasteiger partial charge in [-0.05, 0) is 93.5 Å². The van der Waals surface area contributed by atoms with Crippen LogP contribution < -0.4 is 19.1 Å². The third-order valence-electron chi connectivity index (χ3n) is 12.5. The number of rotatable bonds is 10. The molecule has 0 saturated carbocycles. The van der Waals surface area contributed by atoms with Crippen LogP contribution in [0.4, 0.5) is 23.8 Å². The van der Waals surface area contributed by atoms with Crippen LogP contribution in [0, 0.1) is 11.6 Å². The Labute approximate surface area is 335 Å². The minimum absolute atomic E-state index is 0.0207. The summed E-state index contributed by atoms with van der Waals surface area (Å²) < 4.78 is 85.4. The Bertz CT molecular complexity index is 2260. The monoisotopic (exact) mass is 805 g/mol. The number of nitrogens with zero attached hydrogens (tertiary/aromatic N) is 5. The summed E-state index contributed by atoms with van der Waals surface area (Å²) in [7, 11) is 3.10. The number of aromatic nitrogens is 2. The van der Waals surface area contributed by atoms with Crippen molar-refractivity contribution >= 4 is 33.6 Å². The maximum Gasteiger partial charge on any atom is 0.410 e. The third kappa shape index (κ3) is 6.62. The lowest BCUT2D eigenvalue weighted by molar-refractivity contribution is 0.00537. The summed E-state index contributed by atoms with van der Waals surface area (Å²) in [5.41, 5.74) is -0.676. The van der Waals surface area contributed by atoms with Crippen LogP contribution in [0.5, 0.6) is 17.5 Å².